The van der Waals surface area contributed by atoms with Crippen LogP contribution in [0.4, 0.5) is 8.78 Å². The van der Waals surface area contributed by atoms with Crippen LogP contribution in [0.1, 0.15) is 32.0 Å². The van der Waals surface area contributed by atoms with Gasteiger partial charge in [0, 0.05) is 5.56 Å². The van der Waals surface area contributed by atoms with Gasteiger partial charge in [0.15, 0.2) is 11.5 Å². The van der Waals surface area contributed by atoms with Gasteiger partial charge < -0.3 is 13.9 Å². The third-order valence-corrected chi connectivity index (χ3v) is 5.39. The van der Waals surface area contributed by atoms with Crippen LogP contribution >= 0.6 is 0 Å². The van der Waals surface area contributed by atoms with Gasteiger partial charge in [-0.3, -0.25) is 14.5 Å². The monoisotopic (exact) mass is 476 g/mol. The Kier molecular flexibility index (Phi) is 5.97. The number of hydrogen-bond acceptors (Lipinski definition) is 6. The number of oxazole rings is 1. The summed E-state index contributed by atoms with van der Waals surface area (Å²) in [6.07, 6.45) is 1.34. The second kappa shape index (κ2) is 9.38. The van der Waals surface area contributed by atoms with Crippen LogP contribution in [0, 0.1) is 0 Å². The predicted octanol–water partition coefficient (Wildman–Crippen LogP) is 5.32. The molecule has 9 heteroatoms. The van der Waals surface area contributed by atoms with E-state index in [-0.39, 0.29) is 30.5 Å². The smallest absolute Gasteiger partial charge is 0.387 e. The summed E-state index contributed by atoms with van der Waals surface area (Å²) in [6, 6.07) is 20.2. The molecule has 0 saturated carbocycles. The fraction of sp³-hybridized carbons (Fsp3) is 0.115. The topological polar surface area (TPSA) is 81.9 Å². The molecule has 2 amide bonds. The first-order valence-corrected chi connectivity index (χ1v) is 10.6. The lowest BCUT2D eigenvalue weighted by atomic mass is 10.1. The van der Waals surface area contributed by atoms with Gasteiger partial charge in [0.2, 0.25) is 5.89 Å². The van der Waals surface area contributed by atoms with Gasteiger partial charge in [0.25, 0.3) is 11.8 Å². The minimum Gasteiger partial charge on any atom is -0.485 e. The zero-order chi connectivity index (χ0) is 24.4. The maximum atomic E-state index is 12.9. The highest BCUT2D eigenvalue weighted by atomic mass is 19.3. The van der Waals surface area contributed by atoms with Crippen LogP contribution in [0.2, 0.25) is 0 Å². The molecule has 0 N–H and O–H groups in total. The molecule has 1 aliphatic rings. The summed E-state index contributed by atoms with van der Waals surface area (Å²) in [4.78, 5) is 30.7. The molecule has 1 aromatic heterocycles. The SMILES string of the molecule is O=C1c2ccccc2C(=O)N1Cc1coc(-c2ccc(OC(F)F)c(OCc3ccccc3)c2)n1. The van der Waals surface area contributed by atoms with E-state index in [0.717, 1.165) is 10.5 Å². The Morgan fingerprint density at radius 2 is 1.57 bits per heavy atom. The Morgan fingerprint density at radius 1 is 0.886 bits per heavy atom. The maximum absolute atomic E-state index is 12.9. The molecular weight excluding hydrogens is 458 g/mol. The number of carbonyl (C=O) groups excluding carboxylic acids is 2. The number of halogens is 2. The van der Waals surface area contributed by atoms with Crippen LogP contribution < -0.4 is 9.47 Å². The number of aromatic nitrogens is 1. The number of benzene rings is 3. The van der Waals surface area contributed by atoms with Crippen molar-refractivity contribution < 1.29 is 32.3 Å². The molecule has 3 aromatic carbocycles. The van der Waals surface area contributed by atoms with Crippen molar-refractivity contribution in [1.29, 1.82) is 0 Å². The third-order valence-electron chi connectivity index (χ3n) is 5.39. The molecule has 4 aromatic rings. The molecule has 0 fully saturated rings. The minimum absolute atomic E-state index is 0.0697. The van der Waals surface area contributed by atoms with E-state index >= 15 is 0 Å². The summed E-state index contributed by atoms with van der Waals surface area (Å²) >= 11 is 0. The summed E-state index contributed by atoms with van der Waals surface area (Å²) in [6.45, 7) is -2.95. The highest BCUT2D eigenvalue weighted by Crippen LogP contribution is 2.34. The van der Waals surface area contributed by atoms with E-state index in [4.69, 9.17) is 9.15 Å². The highest BCUT2D eigenvalue weighted by molar-refractivity contribution is 6.21. The molecule has 35 heavy (non-hydrogen) atoms. The quantitative estimate of drug-likeness (QED) is 0.320. The Morgan fingerprint density at radius 3 is 2.26 bits per heavy atom. The number of ether oxygens (including phenoxy) is 2. The van der Waals surface area contributed by atoms with Gasteiger partial charge in [-0.15, -0.1) is 0 Å². The lowest BCUT2D eigenvalue weighted by molar-refractivity contribution is -0.0515. The van der Waals surface area contributed by atoms with Gasteiger partial charge in [-0.25, -0.2) is 4.98 Å². The first-order valence-electron chi connectivity index (χ1n) is 10.6. The number of imide groups is 1. The van der Waals surface area contributed by atoms with Gasteiger partial charge in [-0.2, -0.15) is 8.78 Å². The maximum Gasteiger partial charge on any atom is 0.387 e. The Bertz CT molecular complexity index is 1350. The molecule has 7 nitrogen and oxygen atoms in total. The molecule has 5 rings (SSSR count). The fourth-order valence-electron chi connectivity index (χ4n) is 3.74. The number of alkyl halides is 2. The first kappa shape index (κ1) is 22.3. The average Bonchev–Trinajstić information content (AvgIpc) is 3.43. The fourth-order valence-corrected chi connectivity index (χ4v) is 3.74. The molecule has 0 atom stereocenters. The first-order chi connectivity index (χ1) is 17.0. The second-order valence-corrected chi connectivity index (χ2v) is 7.70. The van der Waals surface area contributed by atoms with E-state index in [1.165, 1.54) is 24.5 Å². The van der Waals surface area contributed by atoms with Crippen molar-refractivity contribution in [2.45, 2.75) is 19.8 Å². The number of hydrogen-bond donors (Lipinski definition) is 0. The lowest BCUT2D eigenvalue weighted by Crippen LogP contribution is -2.29. The highest BCUT2D eigenvalue weighted by Gasteiger charge is 2.35. The third kappa shape index (κ3) is 4.61. The number of fused-ring (bicyclic) bond motifs is 1. The van der Waals surface area contributed by atoms with E-state index in [0.29, 0.717) is 22.4 Å². The summed E-state index contributed by atoms with van der Waals surface area (Å²) in [5, 5.41) is 0. The lowest BCUT2D eigenvalue weighted by Gasteiger charge is -2.13. The average molecular weight is 476 g/mol. The van der Waals surface area contributed by atoms with Crippen molar-refractivity contribution in [2.75, 3.05) is 0 Å². The summed E-state index contributed by atoms with van der Waals surface area (Å²) in [5.41, 5.74) is 2.34. The number of carbonyl (C=O) groups is 2. The second-order valence-electron chi connectivity index (χ2n) is 7.70. The molecule has 0 aliphatic carbocycles. The summed E-state index contributed by atoms with van der Waals surface area (Å²) in [5.74, 6) is -0.672. The predicted molar refractivity (Wildman–Crippen MR) is 120 cm³/mol. The van der Waals surface area contributed by atoms with Crippen molar-refractivity contribution in [3.8, 4) is 23.0 Å². The zero-order valence-electron chi connectivity index (χ0n) is 18.2. The van der Waals surface area contributed by atoms with Crippen molar-refractivity contribution >= 4 is 11.8 Å². The van der Waals surface area contributed by atoms with E-state index in [1.54, 1.807) is 24.3 Å². The molecule has 0 bridgehead atoms. The van der Waals surface area contributed by atoms with E-state index in [2.05, 4.69) is 9.72 Å². The van der Waals surface area contributed by atoms with Gasteiger partial charge in [-0.05, 0) is 35.9 Å². The Hall–Kier alpha value is -4.53. The molecule has 0 spiro atoms. The number of rotatable bonds is 8. The van der Waals surface area contributed by atoms with Crippen LogP contribution in [0.5, 0.6) is 11.5 Å². The molecule has 1 aliphatic heterocycles. The standard InChI is InChI=1S/C26H18F2N2O5/c27-26(28)35-21-11-10-17(12-22(21)33-14-16-6-2-1-3-7-16)23-29-18(15-34-23)13-30-24(31)19-8-4-5-9-20(19)25(30)32/h1-12,15,26H,13-14H2. The van der Waals surface area contributed by atoms with E-state index in [9.17, 15) is 18.4 Å². The Balaban J connectivity index is 1.36. The molecular formula is C26H18F2N2O5. The van der Waals surface area contributed by atoms with Crippen LogP contribution in [0.3, 0.4) is 0 Å². The van der Waals surface area contributed by atoms with Crippen LogP contribution in [-0.2, 0) is 13.2 Å². The van der Waals surface area contributed by atoms with Crippen LogP contribution in [0.25, 0.3) is 11.5 Å². The minimum atomic E-state index is -3.02. The van der Waals surface area contributed by atoms with Crippen molar-refractivity contribution in [3.63, 3.8) is 0 Å². The molecule has 0 unspecified atom stereocenters. The van der Waals surface area contributed by atoms with Gasteiger partial charge >= 0.3 is 6.61 Å². The summed E-state index contributed by atoms with van der Waals surface area (Å²) < 4.78 is 41.6. The van der Waals surface area contributed by atoms with Crippen molar-refractivity contribution in [2.24, 2.45) is 0 Å². The Labute approximate surface area is 198 Å². The van der Waals surface area contributed by atoms with Crippen molar-refractivity contribution in [1.82, 2.24) is 9.88 Å². The van der Waals surface area contributed by atoms with Crippen molar-refractivity contribution in [3.05, 3.63) is 101 Å². The number of nitrogens with zero attached hydrogens (tertiary/aromatic N) is 2. The molecule has 0 radical (unpaired) electrons. The van der Waals surface area contributed by atoms with E-state index < -0.39 is 18.4 Å². The number of amides is 2. The summed E-state index contributed by atoms with van der Waals surface area (Å²) in [7, 11) is 0. The normalized spacial score (nSPS) is 12.8. The molecule has 2 heterocycles. The van der Waals surface area contributed by atoms with Crippen LogP contribution in [0.15, 0.2) is 83.5 Å². The molecule has 0 saturated heterocycles. The van der Waals surface area contributed by atoms with Gasteiger partial charge in [0.1, 0.15) is 12.9 Å². The van der Waals surface area contributed by atoms with Gasteiger partial charge in [0.05, 0.1) is 23.4 Å². The van der Waals surface area contributed by atoms with Gasteiger partial charge in [-0.1, -0.05) is 42.5 Å². The van der Waals surface area contributed by atoms with E-state index in [1.807, 2.05) is 30.3 Å². The largest absolute Gasteiger partial charge is 0.485 e. The van der Waals surface area contributed by atoms with Crippen LogP contribution in [-0.4, -0.2) is 28.3 Å². The molecule has 176 valence electrons. The zero-order valence-corrected chi connectivity index (χ0v) is 18.2.